The molecule has 0 saturated carbocycles. The number of aromatic amines is 2. The molecule has 1 aromatic rings. The maximum absolute atomic E-state index is 10.8. The lowest BCUT2D eigenvalue weighted by molar-refractivity contribution is -0.114. The average molecular weight is 170 g/mol. The fraction of sp³-hybridized carbons (Fsp3) is 0.200. The van der Waals surface area contributed by atoms with Crippen molar-refractivity contribution in [3.8, 4) is 0 Å². The number of H-pyrrole nitrogens is 2. The lowest BCUT2D eigenvalue weighted by atomic mass is 10.6. The maximum Gasteiger partial charge on any atom is 0.342 e. The average Bonchev–Trinajstić information content (AvgIpc) is 1.94. The zero-order valence-electron chi connectivity index (χ0n) is 6.17. The molecule has 12 heavy (non-hydrogen) atoms. The highest BCUT2D eigenvalue weighted by atomic mass is 16.2. The number of hydrogen-bond acceptors (Lipinski definition) is 4. The molecule has 7 heteroatoms. The number of amides is 1. The van der Waals surface area contributed by atoms with Gasteiger partial charge in [-0.3, -0.25) is 14.6 Å². The van der Waals surface area contributed by atoms with Crippen molar-refractivity contribution in [2.24, 2.45) is 0 Å². The van der Waals surface area contributed by atoms with E-state index in [9.17, 15) is 14.4 Å². The number of carbonyl (C=O) groups is 1. The first-order valence-corrected chi connectivity index (χ1v) is 3.06. The molecule has 0 unspecified atom stereocenters. The van der Waals surface area contributed by atoms with Crippen LogP contribution in [0.15, 0.2) is 9.59 Å². The van der Waals surface area contributed by atoms with Gasteiger partial charge in [0.05, 0.1) is 0 Å². The Labute approximate surface area is 65.8 Å². The summed E-state index contributed by atoms with van der Waals surface area (Å²) in [6, 6.07) is 0. The first-order chi connectivity index (χ1) is 5.59. The fourth-order valence-corrected chi connectivity index (χ4v) is 0.599. The molecule has 1 aromatic heterocycles. The lowest BCUT2D eigenvalue weighted by Gasteiger charge is -1.95. The van der Waals surface area contributed by atoms with Crippen LogP contribution in [0.4, 0.5) is 5.82 Å². The summed E-state index contributed by atoms with van der Waals surface area (Å²) in [7, 11) is 0. The Balaban J connectivity index is 3.10. The zero-order chi connectivity index (χ0) is 9.14. The smallest absolute Gasteiger partial charge is 0.305 e. The standard InChI is InChI=1S/C5H6N4O3/c1-2(10)6-3-4(11)7-5(12)9-8-3/h1H3,(H,6,8,10)(H2,7,9,11,12). The van der Waals surface area contributed by atoms with Crippen LogP contribution in [0.1, 0.15) is 6.92 Å². The Hall–Kier alpha value is -1.92. The molecular formula is C5H6N4O3. The summed E-state index contributed by atoms with van der Waals surface area (Å²) in [4.78, 5) is 33.6. The van der Waals surface area contributed by atoms with Crippen molar-refractivity contribution in [3.63, 3.8) is 0 Å². The van der Waals surface area contributed by atoms with Crippen molar-refractivity contribution >= 4 is 11.7 Å². The lowest BCUT2D eigenvalue weighted by Crippen LogP contribution is -2.28. The number of carbonyl (C=O) groups excluding carboxylic acids is 1. The molecule has 1 rings (SSSR count). The van der Waals surface area contributed by atoms with Crippen LogP contribution in [0.25, 0.3) is 0 Å². The molecule has 0 saturated heterocycles. The van der Waals surface area contributed by atoms with Crippen LogP contribution in [0.5, 0.6) is 0 Å². The van der Waals surface area contributed by atoms with Crippen molar-refractivity contribution in [2.45, 2.75) is 6.92 Å². The Morgan fingerprint density at radius 3 is 2.67 bits per heavy atom. The normalized spacial score (nSPS) is 9.42. The first-order valence-electron chi connectivity index (χ1n) is 3.06. The molecule has 0 aromatic carbocycles. The Bertz CT molecular complexity index is 404. The second-order valence-electron chi connectivity index (χ2n) is 2.04. The third-order valence-corrected chi connectivity index (χ3v) is 1.01. The molecule has 0 bridgehead atoms. The van der Waals surface area contributed by atoms with E-state index < -0.39 is 17.2 Å². The van der Waals surface area contributed by atoms with Gasteiger partial charge in [-0.2, -0.15) is 0 Å². The molecule has 0 fully saturated rings. The summed E-state index contributed by atoms with van der Waals surface area (Å²) in [5.74, 6) is -0.651. The Morgan fingerprint density at radius 2 is 2.17 bits per heavy atom. The molecule has 1 amide bonds. The maximum atomic E-state index is 10.8. The summed E-state index contributed by atoms with van der Waals surface area (Å²) in [5.41, 5.74) is -1.44. The highest BCUT2D eigenvalue weighted by molar-refractivity contribution is 5.87. The van der Waals surface area contributed by atoms with E-state index in [1.807, 2.05) is 10.1 Å². The number of nitrogens with one attached hydrogen (secondary N) is 3. The van der Waals surface area contributed by atoms with Gasteiger partial charge in [-0.15, -0.1) is 5.10 Å². The highest BCUT2D eigenvalue weighted by Gasteiger charge is 2.01. The minimum absolute atomic E-state index is 0.220. The molecule has 64 valence electrons. The molecule has 0 aliphatic carbocycles. The van der Waals surface area contributed by atoms with E-state index >= 15 is 0 Å². The first kappa shape index (κ1) is 8.18. The van der Waals surface area contributed by atoms with Gasteiger partial charge in [-0.25, -0.2) is 9.89 Å². The molecule has 0 atom stereocenters. The van der Waals surface area contributed by atoms with Gasteiger partial charge in [-0.05, 0) is 0 Å². The summed E-state index contributed by atoms with van der Waals surface area (Å²) < 4.78 is 0. The summed E-state index contributed by atoms with van der Waals surface area (Å²) in [5, 5.41) is 7.41. The fourth-order valence-electron chi connectivity index (χ4n) is 0.599. The monoisotopic (exact) mass is 170 g/mol. The molecule has 3 N–H and O–H groups in total. The van der Waals surface area contributed by atoms with E-state index in [2.05, 4.69) is 10.4 Å². The molecule has 1 heterocycles. The van der Waals surface area contributed by atoms with Gasteiger partial charge >= 0.3 is 5.69 Å². The molecule has 0 spiro atoms. The van der Waals surface area contributed by atoms with Crippen molar-refractivity contribution in [3.05, 3.63) is 20.8 Å². The topological polar surface area (TPSA) is 108 Å². The predicted octanol–water partition coefficient (Wildman–Crippen LogP) is -1.58. The molecule has 0 radical (unpaired) electrons. The summed E-state index contributed by atoms with van der Waals surface area (Å²) >= 11 is 0. The van der Waals surface area contributed by atoms with Crippen molar-refractivity contribution in [1.82, 2.24) is 15.2 Å². The van der Waals surface area contributed by atoms with E-state index in [1.165, 1.54) is 6.92 Å². The van der Waals surface area contributed by atoms with Crippen LogP contribution in [0, 0.1) is 0 Å². The van der Waals surface area contributed by atoms with Crippen LogP contribution in [-0.2, 0) is 4.79 Å². The Kier molecular flexibility index (Phi) is 2.04. The third-order valence-electron chi connectivity index (χ3n) is 1.01. The van der Waals surface area contributed by atoms with E-state index in [0.717, 1.165) is 0 Å². The minimum atomic E-state index is -0.728. The molecule has 0 aliphatic heterocycles. The molecular weight excluding hydrogens is 164 g/mol. The van der Waals surface area contributed by atoms with E-state index in [0.29, 0.717) is 0 Å². The zero-order valence-corrected chi connectivity index (χ0v) is 6.17. The van der Waals surface area contributed by atoms with Gasteiger partial charge in [-0.1, -0.05) is 0 Å². The predicted molar refractivity (Wildman–Crippen MR) is 39.8 cm³/mol. The van der Waals surface area contributed by atoms with E-state index in [-0.39, 0.29) is 5.82 Å². The number of rotatable bonds is 1. The van der Waals surface area contributed by atoms with E-state index in [4.69, 9.17) is 0 Å². The molecule has 0 aliphatic rings. The largest absolute Gasteiger partial charge is 0.342 e. The van der Waals surface area contributed by atoms with Crippen LogP contribution < -0.4 is 16.6 Å². The van der Waals surface area contributed by atoms with Gasteiger partial charge in [0.25, 0.3) is 5.56 Å². The third kappa shape index (κ3) is 1.78. The summed E-state index contributed by atoms with van der Waals surface area (Å²) in [6.07, 6.45) is 0. The number of anilines is 1. The van der Waals surface area contributed by atoms with Crippen LogP contribution in [0.2, 0.25) is 0 Å². The van der Waals surface area contributed by atoms with Crippen molar-refractivity contribution in [1.29, 1.82) is 0 Å². The summed E-state index contributed by atoms with van der Waals surface area (Å²) in [6.45, 7) is 1.23. The van der Waals surface area contributed by atoms with Crippen molar-refractivity contribution < 1.29 is 4.79 Å². The second kappa shape index (κ2) is 2.99. The number of aromatic nitrogens is 3. The van der Waals surface area contributed by atoms with Crippen LogP contribution >= 0.6 is 0 Å². The quantitative estimate of drug-likeness (QED) is 0.472. The Morgan fingerprint density at radius 1 is 1.50 bits per heavy atom. The van der Waals surface area contributed by atoms with Gasteiger partial charge < -0.3 is 5.32 Å². The number of hydrogen-bond donors (Lipinski definition) is 3. The van der Waals surface area contributed by atoms with Gasteiger partial charge in [0.1, 0.15) is 0 Å². The van der Waals surface area contributed by atoms with Gasteiger partial charge in [0.15, 0.2) is 0 Å². The molecule has 7 nitrogen and oxygen atoms in total. The van der Waals surface area contributed by atoms with Gasteiger partial charge in [0.2, 0.25) is 11.7 Å². The van der Waals surface area contributed by atoms with Crippen LogP contribution in [0.3, 0.4) is 0 Å². The second-order valence-corrected chi connectivity index (χ2v) is 2.04. The van der Waals surface area contributed by atoms with Crippen LogP contribution in [-0.4, -0.2) is 21.1 Å². The SMILES string of the molecule is CC(=O)Nc1n[nH]c(=O)[nH]c1=O. The van der Waals surface area contributed by atoms with Crippen molar-refractivity contribution in [2.75, 3.05) is 5.32 Å². The van der Waals surface area contributed by atoms with Gasteiger partial charge in [0, 0.05) is 6.92 Å². The van der Waals surface area contributed by atoms with E-state index in [1.54, 1.807) is 0 Å². The number of nitrogens with zero attached hydrogens (tertiary/aromatic N) is 1. The highest BCUT2D eigenvalue weighted by Crippen LogP contribution is 1.84. The minimum Gasteiger partial charge on any atom is -0.305 e.